The molecule has 0 aromatic heterocycles. The van der Waals surface area contributed by atoms with Gasteiger partial charge in [-0.25, -0.2) is 13.1 Å². The van der Waals surface area contributed by atoms with Crippen LogP contribution in [0, 0.1) is 0 Å². The molecule has 0 bridgehead atoms. The molecule has 0 aliphatic heterocycles. The van der Waals surface area contributed by atoms with Gasteiger partial charge in [-0.1, -0.05) is 26.0 Å². The Hall–Kier alpha value is -1.11. The molecule has 5 nitrogen and oxygen atoms in total. The molecule has 108 valence electrons. The van der Waals surface area contributed by atoms with E-state index in [4.69, 9.17) is 5.73 Å². The van der Waals surface area contributed by atoms with Gasteiger partial charge in [0.2, 0.25) is 10.0 Å². The van der Waals surface area contributed by atoms with E-state index in [0.29, 0.717) is 17.8 Å². The van der Waals surface area contributed by atoms with Crippen molar-refractivity contribution in [2.45, 2.75) is 19.6 Å². The Morgan fingerprint density at radius 1 is 1.26 bits per heavy atom. The highest BCUT2D eigenvalue weighted by atomic mass is 32.2. The summed E-state index contributed by atoms with van der Waals surface area (Å²) in [6.45, 7) is 7.13. The molecule has 0 aliphatic rings. The number of nitrogens with one attached hydrogen (secondary N) is 1. The van der Waals surface area contributed by atoms with Crippen molar-refractivity contribution in [3.8, 4) is 0 Å². The topological polar surface area (TPSA) is 75.4 Å². The Kier molecular flexibility index (Phi) is 6.27. The number of hydrogen-bond donors (Lipinski definition) is 2. The van der Waals surface area contributed by atoms with Crippen LogP contribution in [0.5, 0.6) is 0 Å². The van der Waals surface area contributed by atoms with Crippen LogP contribution in [-0.4, -0.2) is 39.5 Å². The largest absolute Gasteiger partial charge is 0.399 e. The minimum Gasteiger partial charge on any atom is -0.399 e. The molecule has 0 saturated heterocycles. The van der Waals surface area contributed by atoms with Crippen LogP contribution in [-0.2, 0) is 15.8 Å². The lowest BCUT2D eigenvalue weighted by atomic mass is 10.2. The van der Waals surface area contributed by atoms with E-state index < -0.39 is 10.0 Å². The van der Waals surface area contributed by atoms with Crippen LogP contribution in [0.3, 0.4) is 0 Å². The van der Waals surface area contributed by atoms with Crippen molar-refractivity contribution in [1.82, 2.24) is 9.62 Å². The van der Waals surface area contributed by atoms with E-state index in [1.54, 1.807) is 24.3 Å². The molecular formula is C13H23N3O2S. The van der Waals surface area contributed by atoms with Gasteiger partial charge < -0.3 is 10.6 Å². The lowest BCUT2D eigenvalue weighted by molar-refractivity contribution is 0.309. The number of nitrogen functional groups attached to an aromatic ring is 1. The third-order valence-corrected chi connectivity index (χ3v) is 4.31. The summed E-state index contributed by atoms with van der Waals surface area (Å²) >= 11 is 0. The summed E-state index contributed by atoms with van der Waals surface area (Å²) in [5.41, 5.74) is 6.91. The fourth-order valence-corrected chi connectivity index (χ4v) is 2.98. The van der Waals surface area contributed by atoms with Crippen molar-refractivity contribution in [3.63, 3.8) is 0 Å². The molecule has 1 rings (SSSR count). The molecule has 1 aromatic carbocycles. The van der Waals surface area contributed by atoms with Crippen molar-refractivity contribution in [1.29, 1.82) is 0 Å². The van der Waals surface area contributed by atoms with E-state index in [-0.39, 0.29) is 5.75 Å². The third kappa shape index (κ3) is 6.04. The summed E-state index contributed by atoms with van der Waals surface area (Å²) in [6.07, 6.45) is 0. The van der Waals surface area contributed by atoms with E-state index in [0.717, 1.165) is 19.6 Å². The molecule has 19 heavy (non-hydrogen) atoms. The Morgan fingerprint density at radius 2 is 1.95 bits per heavy atom. The van der Waals surface area contributed by atoms with Gasteiger partial charge in [-0.2, -0.15) is 0 Å². The molecule has 0 radical (unpaired) electrons. The smallest absolute Gasteiger partial charge is 0.215 e. The van der Waals surface area contributed by atoms with Crippen LogP contribution in [0.1, 0.15) is 19.4 Å². The van der Waals surface area contributed by atoms with Crippen LogP contribution >= 0.6 is 0 Å². The molecule has 0 atom stereocenters. The van der Waals surface area contributed by atoms with Crippen LogP contribution in [0.4, 0.5) is 5.69 Å². The first-order valence-electron chi connectivity index (χ1n) is 6.51. The number of nitrogens with two attached hydrogens (primary N) is 1. The van der Waals surface area contributed by atoms with Gasteiger partial charge in [-0.3, -0.25) is 0 Å². The summed E-state index contributed by atoms with van der Waals surface area (Å²) in [6, 6.07) is 6.95. The molecule has 0 aliphatic carbocycles. The summed E-state index contributed by atoms with van der Waals surface area (Å²) in [5.74, 6) is -0.0315. The van der Waals surface area contributed by atoms with Gasteiger partial charge >= 0.3 is 0 Å². The van der Waals surface area contributed by atoms with E-state index >= 15 is 0 Å². The number of anilines is 1. The second-order valence-electron chi connectivity index (χ2n) is 4.43. The van der Waals surface area contributed by atoms with Crippen molar-refractivity contribution in [2.75, 3.05) is 31.9 Å². The highest BCUT2D eigenvalue weighted by molar-refractivity contribution is 7.88. The van der Waals surface area contributed by atoms with Gasteiger partial charge in [0, 0.05) is 18.8 Å². The normalized spacial score (nSPS) is 11.9. The van der Waals surface area contributed by atoms with Crippen LogP contribution in [0.2, 0.25) is 0 Å². The molecular weight excluding hydrogens is 262 g/mol. The van der Waals surface area contributed by atoms with E-state index in [1.807, 2.05) is 0 Å². The summed E-state index contributed by atoms with van der Waals surface area (Å²) in [7, 11) is -3.30. The van der Waals surface area contributed by atoms with Gasteiger partial charge in [-0.15, -0.1) is 0 Å². The molecule has 0 spiro atoms. The number of sulfonamides is 1. The first-order chi connectivity index (χ1) is 8.96. The monoisotopic (exact) mass is 285 g/mol. The Labute approximate surface area is 115 Å². The second-order valence-corrected chi connectivity index (χ2v) is 6.23. The lowest BCUT2D eigenvalue weighted by Gasteiger charge is -2.18. The van der Waals surface area contributed by atoms with Crippen LogP contribution in [0.15, 0.2) is 24.3 Å². The van der Waals surface area contributed by atoms with Crippen LogP contribution < -0.4 is 10.5 Å². The Balaban J connectivity index is 2.48. The summed E-state index contributed by atoms with van der Waals surface area (Å²) < 4.78 is 26.4. The molecule has 0 unspecified atom stereocenters. The zero-order chi connectivity index (χ0) is 14.3. The van der Waals surface area contributed by atoms with Crippen LogP contribution in [0.25, 0.3) is 0 Å². The number of benzene rings is 1. The maximum Gasteiger partial charge on any atom is 0.215 e. The van der Waals surface area contributed by atoms with Gasteiger partial charge in [0.15, 0.2) is 0 Å². The van der Waals surface area contributed by atoms with Crippen molar-refractivity contribution >= 4 is 15.7 Å². The predicted molar refractivity (Wildman–Crippen MR) is 79.3 cm³/mol. The lowest BCUT2D eigenvalue weighted by Crippen LogP contribution is -2.35. The fraction of sp³-hybridized carbons (Fsp3) is 0.538. The quantitative estimate of drug-likeness (QED) is 0.700. The standard InChI is InChI=1S/C13H23N3O2S/c1-3-16(4-2)9-8-15-19(17,18)11-12-6-5-7-13(14)10-12/h5-7,10,15H,3-4,8-9,11,14H2,1-2H3. The molecule has 0 heterocycles. The first-order valence-corrected chi connectivity index (χ1v) is 8.16. The zero-order valence-electron chi connectivity index (χ0n) is 11.6. The zero-order valence-corrected chi connectivity index (χ0v) is 12.4. The summed E-state index contributed by atoms with van der Waals surface area (Å²) in [5, 5.41) is 0. The number of rotatable bonds is 8. The number of likely N-dealkylation sites (N-methyl/N-ethyl adjacent to an activating group) is 1. The van der Waals surface area contributed by atoms with Gasteiger partial charge in [0.05, 0.1) is 5.75 Å². The Bertz CT molecular complexity index is 484. The van der Waals surface area contributed by atoms with Gasteiger partial charge in [0.1, 0.15) is 0 Å². The highest BCUT2D eigenvalue weighted by Gasteiger charge is 2.11. The summed E-state index contributed by atoms with van der Waals surface area (Å²) in [4.78, 5) is 2.17. The SMILES string of the molecule is CCN(CC)CCNS(=O)(=O)Cc1cccc(N)c1. The Morgan fingerprint density at radius 3 is 2.53 bits per heavy atom. The fourth-order valence-electron chi connectivity index (χ4n) is 1.85. The van der Waals surface area contributed by atoms with E-state index in [2.05, 4.69) is 23.5 Å². The molecule has 0 fully saturated rings. The third-order valence-electron chi connectivity index (χ3n) is 2.95. The van der Waals surface area contributed by atoms with Crippen molar-refractivity contribution in [2.24, 2.45) is 0 Å². The molecule has 0 amide bonds. The number of hydrogen-bond acceptors (Lipinski definition) is 4. The molecule has 3 N–H and O–H groups in total. The highest BCUT2D eigenvalue weighted by Crippen LogP contribution is 2.09. The van der Waals surface area contributed by atoms with Gasteiger partial charge in [-0.05, 0) is 30.8 Å². The predicted octanol–water partition coefficient (Wildman–Crippen LogP) is 1.03. The minimum atomic E-state index is -3.30. The average molecular weight is 285 g/mol. The molecule has 1 aromatic rings. The molecule has 0 saturated carbocycles. The molecule has 6 heteroatoms. The number of nitrogens with zero attached hydrogens (tertiary/aromatic N) is 1. The first kappa shape index (κ1) is 15.9. The maximum atomic E-state index is 11.9. The minimum absolute atomic E-state index is 0.0315. The van der Waals surface area contributed by atoms with Crippen molar-refractivity contribution in [3.05, 3.63) is 29.8 Å². The maximum absolute atomic E-state index is 11.9. The van der Waals surface area contributed by atoms with Crippen molar-refractivity contribution < 1.29 is 8.42 Å². The second kappa shape index (κ2) is 7.47. The van der Waals surface area contributed by atoms with Gasteiger partial charge in [0.25, 0.3) is 0 Å². The van der Waals surface area contributed by atoms with E-state index in [9.17, 15) is 8.42 Å². The average Bonchev–Trinajstić information content (AvgIpc) is 2.34. The van der Waals surface area contributed by atoms with E-state index in [1.165, 1.54) is 0 Å².